The number of ether oxygens (including phenoxy) is 4. The predicted octanol–water partition coefficient (Wildman–Crippen LogP) is 5.81. The number of halogens is 1. The van der Waals surface area contributed by atoms with E-state index in [1.165, 1.54) is 25.2 Å². The SMILES string of the molecule is CCC(=O)N=C1[C@H](C)C[C@@]2(C)OC/C(=N/OCc3csc(-c4cccc(NC(=O)[C@@H](N)CC)n4)n3)CC[C@H]([C@H]1C)[C@](C)(O)[C@@H](CC)OC(=O)[C@@](C)(F)C(=O)[C@H](C)[C@H]2O[C@@H]1O[C@H](C)C[C@H](N(C)C)[C@H]1O. The topological polar surface area (TPSA) is 247 Å². The highest BCUT2D eigenvalue weighted by Crippen LogP contribution is 2.43. The Hall–Kier alpha value is -4.15. The summed E-state index contributed by atoms with van der Waals surface area (Å²) in [5.74, 6) is -6.48. The number of aliphatic hydroxyl groups excluding tert-OH is 1. The average molecular weight is 988 g/mol. The van der Waals surface area contributed by atoms with E-state index in [0.717, 1.165) is 6.92 Å². The molecule has 0 saturated carbocycles. The Labute approximate surface area is 409 Å². The zero-order valence-corrected chi connectivity index (χ0v) is 43.0. The quantitative estimate of drug-likeness (QED) is 0.111. The maximum atomic E-state index is 17.1. The summed E-state index contributed by atoms with van der Waals surface area (Å²) in [6.45, 7) is 16.0. The lowest BCUT2D eigenvalue weighted by Gasteiger charge is -2.48. The van der Waals surface area contributed by atoms with Crippen LogP contribution < -0.4 is 11.1 Å². The number of nitrogens with one attached hydrogen (secondary N) is 1. The number of hydrogen-bond acceptors (Lipinski definition) is 17. The van der Waals surface area contributed by atoms with Gasteiger partial charge in [0.15, 0.2) is 18.7 Å². The number of thiazole rings is 1. The van der Waals surface area contributed by atoms with Crippen molar-refractivity contribution in [3.05, 3.63) is 29.3 Å². The first-order valence-corrected chi connectivity index (χ1v) is 25.0. The fraction of sp³-hybridized carbons (Fsp3) is 0.714. The molecule has 2 amide bonds. The van der Waals surface area contributed by atoms with Crippen molar-refractivity contribution in [1.29, 1.82) is 0 Å². The third-order valence-corrected chi connectivity index (χ3v) is 14.9. The lowest BCUT2D eigenvalue weighted by molar-refractivity contribution is -0.296. The number of rotatable bonds is 12. The maximum absolute atomic E-state index is 17.1. The van der Waals surface area contributed by atoms with Crippen molar-refractivity contribution in [1.82, 2.24) is 14.9 Å². The van der Waals surface area contributed by atoms with Crippen LogP contribution in [0.2, 0.25) is 0 Å². The lowest BCUT2D eigenvalue weighted by Crippen LogP contribution is -2.61. The van der Waals surface area contributed by atoms with Crippen LogP contribution in [0.5, 0.6) is 0 Å². The Bertz CT molecular complexity index is 2190. The summed E-state index contributed by atoms with van der Waals surface area (Å²) in [6.07, 6.45) is -4.15. The van der Waals surface area contributed by atoms with E-state index < -0.39 is 95.1 Å². The molecule has 18 nitrogen and oxygen atoms in total. The van der Waals surface area contributed by atoms with E-state index in [2.05, 4.69) is 20.4 Å². The maximum Gasteiger partial charge on any atom is 0.351 e. The number of alkyl halides is 1. The molecule has 2 aromatic rings. The average Bonchev–Trinajstić information content (AvgIpc) is 3.78. The molecule has 14 atom stereocenters. The van der Waals surface area contributed by atoms with E-state index in [4.69, 9.17) is 34.5 Å². The van der Waals surface area contributed by atoms with E-state index >= 15 is 4.39 Å². The van der Waals surface area contributed by atoms with Crippen LogP contribution in [0.3, 0.4) is 0 Å². The Morgan fingerprint density at radius 2 is 1.81 bits per heavy atom. The van der Waals surface area contributed by atoms with Gasteiger partial charge in [-0.05, 0) is 104 Å². The van der Waals surface area contributed by atoms with Crippen molar-refractivity contribution in [2.45, 2.75) is 180 Å². The van der Waals surface area contributed by atoms with Crippen molar-refractivity contribution in [2.24, 2.45) is 39.6 Å². The second-order valence-electron chi connectivity index (χ2n) is 19.7. The number of hydrogen-bond donors (Lipinski definition) is 4. The minimum atomic E-state index is -3.21. The molecule has 0 radical (unpaired) electrons. The Kier molecular flexibility index (Phi) is 18.9. The molecular weight excluding hydrogens is 914 g/mol. The molecule has 0 aromatic carbocycles. The smallest absolute Gasteiger partial charge is 0.351 e. The van der Waals surface area contributed by atoms with Gasteiger partial charge in [0.1, 0.15) is 34.3 Å². The third-order valence-electron chi connectivity index (χ3n) is 14.0. The summed E-state index contributed by atoms with van der Waals surface area (Å²) in [4.78, 5) is 76.0. The number of aliphatic imine (C=N–C) groups is 1. The van der Waals surface area contributed by atoms with Crippen LogP contribution in [0.25, 0.3) is 10.7 Å². The van der Waals surface area contributed by atoms with E-state index in [9.17, 15) is 29.4 Å². The molecule has 2 bridgehead atoms. The minimum Gasteiger partial charge on any atom is -0.457 e. The number of nitrogens with zero attached hydrogens (tertiary/aromatic N) is 5. The summed E-state index contributed by atoms with van der Waals surface area (Å²) in [5, 5.41) is 34.1. The van der Waals surface area contributed by atoms with Gasteiger partial charge in [0, 0.05) is 35.4 Å². The molecule has 5 N–H and O–H groups in total. The monoisotopic (exact) mass is 988 g/mol. The molecule has 0 aliphatic carbocycles. The van der Waals surface area contributed by atoms with Gasteiger partial charge in [-0.25, -0.2) is 24.1 Å². The van der Waals surface area contributed by atoms with Crippen LogP contribution in [0.4, 0.5) is 10.2 Å². The second kappa shape index (κ2) is 23.4. The van der Waals surface area contributed by atoms with Crippen LogP contribution in [-0.4, -0.2) is 140 Å². The van der Waals surface area contributed by atoms with Gasteiger partial charge in [-0.1, -0.05) is 52.8 Å². The van der Waals surface area contributed by atoms with Gasteiger partial charge in [-0.3, -0.25) is 14.4 Å². The molecule has 5 heterocycles. The Balaban J connectivity index is 1.61. The highest BCUT2D eigenvalue weighted by Gasteiger charge is 2.56. The van der Waals surface area contributed by atoms with Crippen molar-refractivity contribution in [3.8, 4) is 10.7 Å². The molecule has 3 aliphatic heterocycles. The van der Waals surface area contributed by atoms with Gasteiger partial charge in [-0.2, -0.15) is 0 Å². The highest BCUT2D eigenvalue weighted by atomic mass is 32.1. The number of esters is 1. The van der Waals surface area contributed by atoms with Gasteiger partial charge in [0.2, 0.25) is 11.8 Å². The molecule has 69 heavy (non-hydrogen) atoms. The van der Waals surface area contributed by atoms with Crippen molar-refractivity contribution in [3.63, 3.8) is 0 Å². The number of nitrogens with two attached hydrogens (primary N) is 1. The molecule has 0 spiro atoms. The fourth-order valence-corrected chi connectivity index (χ4v) is 10.7. The number of oxime groups is 1. The Morgan fingerprint density at radius 1 is 1.10 bits per heavy atom. The third kappa shape index (κ3) is 13.0. The zero-order valence-electron chi connectivity index (χ0n) is 42.2. The van der Waals surface area contributed by atoms with Crippen LogP contribution in [-0.2, 0) is 49.6 Å². The summed E-state index contributed by atoms with van der Waals surface area (Å²) in [5.41, 5.74) is 1.15. The molecule has 0 unspecified atom stereocenters. The largest absolute Gasteiger partial charge is 0.457 e. The van der Waals surface area contributed by atoms with Crippen LogP contribution in [0.1, 0.15) is 120 Å². The van der Waals surface area contributed by atoms with Crippen LogP contribution in [0.15, 0.2) is 33.7 Å². The number of carbonyl (C=O) groups is 4. The summed E-state index contributed by atoms with van der Waals surface area (Å²) in [7, 11) is 3.64. The predicted molar refractivity (Wildman–Crippen MR) is 259 cm³/mol. The molecule has 3 saturated heterocycles. The van der Waals surface area contributed by atoms with Crippen LogP contribution >= 0.6 is 11.3 Å². The number of pyridine rings is 1. The number of cyclic esters (lactones) is 1. The molecule has 20 heteroatoms. The number of likely N-dealkylation sites (N-methyl/N-ethyl adjacent to an activating group) is 1. The molecule has 3 aliphatic rings. The van der Waals surface area contributed by atoms with Gasteiger partial charge in [-0.15, -0.1) is 11.3 Å². The summed E-state index contributed by atoms with van der Waals surface area (Å²) < 4.78 is 42.8. The number of aromatic nitrogens is 2. The molecule has 384 valence electrons. The number of amides is 2. The van der Waals surface area contributed by atoms with Gasteiger partial charge in [0.25, 0.3) is 5.67 Å². The number of aliphatic hydroxyl groups is 2. The standard InChI is InChI=1S/C49H74FN7O11S/c1-13-33(51)43(61)54-37-18-16-17-34(53-37)44-52-31(25-69-44)24-65-56-30-19-20-32-28(6)39(55-38(58)15-3)26(4)22-47(8,64-23-30)42(68-45-40(59)35(57(11)12)21-27(5)66-45)29(7)41(60)48(9,50)46(62)67-36(14-2)49(32,10)63/h16-18,25-29,32-33,35-36,40,42,45,59,63H,13-15,19-24,51H2,1-12H3,(H,53,54,61)/b55-39?,56-30+/t26-,27-,28-,29+,32-,33+,35+,36-,40-,42-,45+,47-,48+,49+/m1/s1. The van der Waals surface area contributed by atoms with Crippen molar-refractivity contribution >= 4 is 52.1 Å². The van der Waals surface area contributed by atoms with Crippen molar-refractivity contribution in [2.75, 3.05) is 26.0 Å². The van der Waals surface area contributed by atoms with E-state index in [-0.39, 0.29) is 57.1 Å². The lowest BCUT2D eigenvalue weighted by atomic mass is 9.68. The molecular formula is C49H74FN7O11S. The van der Waals surface area contributed by atoms with E-state index in [1.54, 1.807) is 44.4 Å². The van der Waals surface area contributed by atoms with Gasteiger partial charge >= 0.3 is 5.97 Å². The molecule has 5 rings (SSSR count). The minimum absolute atomic E-state index is 0.0323. The second-order valence-corrected chi connectivity index (χ2v) is 20.6. The van der Waals surface area contributed by atoms with Crippen LogP contribution in [0, 0.1) is 23.7 Å². The van der Waals surface area contributed by atoms with Gasteiger partial charge < -0.3 is 49.9 Å². The highest BCUT2D eigenvalue weighted by molar-refractivity contribution is 7.13. The first kappa shape index (κ1) is 55.8. The number of ketones is 1. The van der Waals surface area contributed by atoms with E-state index in [0.29, 0.717) is 46.5 Å². The van der Waals surface area contributed by atoms with Crippen molar-refractivity contribution < 1.29 is 57.6 Å². The molecule has 3 fully saturated rings. The number of anilines is 1. The molecule has 2 aromatic heterocycles. The number of carbonyl (C=O) groups excluding carboxylic acids is 4. The number of Topliss-reactive ketones (excluding diaryl/α,β-unsaturated/α-hetero) is 1. The Morgan fingerprint density at radius 3 is 2.46 bits per heavy atom. The summed E-state index contributed by atoms with van der Waals surface area (Å²) >= 11 is 1.32. The normalized spacial score (nSPS) is 35.7. The number of fused-ring (bicyclic) bond motifs is 5. The van der Waals surface area contributed by atoms with Gasteiger partial charge in [0.05, 0.1) is 41.9 Å². The first-order chi connectivity index (χ1) is 32.4. The van der Waals surface area contributed by atoms with E-state index in [1.807, 2.05) is 46.7 Å². The fourth-order valence-electron chi connectivity index (χ4n) is 9.88. The summed E-state index contributed by atoms with van der Waals surface area (Å²) in [6, 6.07) is 4.10. The first-order valence-electron chi connectivity index (χ1n) is 24.1. The zero-order chi connectivity index (χ0) is 51.2.